The molecule has 0 aliphatic heterocycles. The fourth-order valence-electron chi connectivity index (χ4n) is 5.20. The number of benzene rings is 6. The van der Waals surface area contributed by atoms with Crippen LogP contribution in [-0.2, 0) is 4.57 Å². The van der Waals surface area contributed by atoms with E-state index in [0.29, 0.717) is 0 Å². The number of fused-ring (bicyclic) bond motifs is 2. The fraction of sp³-hybridized carbons (Fsp3) is 0.0303. The molecule has 0 saturated carbocycles. The Balaban J connectivity index is 1.82. The molecule has 1 nitrogen and oxygen atoms in total. The molecule has 0 aromatic heterocycles. The minimum atomic E-state index is -3.18. The van der Waals surface area contributed by atoms with Gasteiger partial charge >= 0.3 is 0 Å². The van der Waals surface area contributed by atoms with Gasteiger partial charge in [0.2, 0.25) is 0 Å². The average molecular weight is 469 g/mol. The zero-order chi connectivity index (χ0) is 23.8. The average Bonchev–Trinajstić information content (AvgIpc) is 2.93. The highest BCUT2D eigenvalue weighted by atomic mass is 31.2. The number of aryl methyl sites for hydroxylation is 1. The second kappa shape index (κ2) is 8.69. The van der Waals surface area contributed by atoms with Crippen molar-refractivity contribution in [2.75, 3.05) is 0 Å². The lowest BCUT2D eigenvalue weighted by molar-refractivity contribution is 0.592. The molecule has 0 amide bonds. The van der Waals surface area contributed by atoms with Gasteiger partial charge in [0.1, 0.15) is 0 Å². The summed E-state index contributed by atoms with van der Waals surface area (Å²) in [5.74, 6) is 0. The van der Waals surface area contributed by atoms with Crippen LogP contribution in [0.2, 0.25) is 0 Å². The Hall–Kier alpha value is -3.93. The van der Waals surface area contributed by atoms with Gasteiger partial charge in [0, 0.05) is 21.5 Å². The van der Waals surface area contributed by atoms with Crippen molar-refractivity contribution in [3.05, 3.63) is 139 Å². The SMILES string of the molecule is Cc1ccc2ccccc2c1-c1c(P(=O)(c2ccccc2)c2ccccc2)ccc2ccccc12. The molecule has 0 fully saturated rings. The maximum Gasteiger partial charge on any atom is 0.171 e. The van der Waals surface area contributed by atoms with E-state index in [9.17, 15) is 0 Å². The molecule has 6 rings (SSSR count). The summed E-state index contributed by atoms with van der Waals surface area (Å²) in [6, 6.07) is 45.4. The van der Waals surface area contributed by atoms with Crippen LogP contribution in [0.25, 0.3) is 32.7 Å². The van der Waals surface area contributed by atoms with Crippen molar-refractivity contribution in [2.24, 2.45) is 0 Å². The summed E-state index contributed by atoms with van der Waals surface area (Å²) in [4.78, 5) is 0. The first-order chi connectivity index (χ1) is 17.2. The Kier molecular flexibility index (Phi) is 5.36. The molecule has 6 aromatic carbocycles. The lowest BCUT2D eigenvalue weighted by Gasteiger charge is -2.25. The van der Waals surface area contributed by atoms with Crippen molar-refractivity contribution in [1.29, 1.82) is 0 Å². The van der Waals surface area contributed by atoms with E-state index in [1.807, 2.05) is 60.7 Å². The Labute approximate surface area is 206 Å². The van der Waals surface area contributed by atoms with Crippen LogP contribution in [0.1, 0.15) is 5.56 Å². The van der Waals surface area contributed by atoms with E-state index in [1.165, 1.54) is 16.3 Å². The van der Waals surface area contributed by atoms with E-state index in [0.717, 1.165) is 37.8 Å². The van der Waals surface area contributed by atoms with Gasteiger partial charge in [-0.1, -0.05) is 127 Å². The minimum absolute atomic E-state index is 0.848. The van der Waals surface area contributed by atoms with Crippen LogP contribution in [0.15, 0.2) is 133 Å². The molecule has 168 valence electrons. The van der Waals surface area contributed by atoms with Crippen LogP contribution >= 0.6 is 7.14 Å². The smallest absolute Gasteiger partial charge is 0.171 e. The zero-order valence-corrected chi connectivity index (χ0v) is 20.5. The van der Waals surface area contributed by atoms with Gasteiger partial charge in [0.25, 0.3) is 0 Å². The largest absolute Gasteiger partial charge is 0.309 e. The zero-order valence-electron chi connectivity index (χ0n) is 19.6. The highest BCUT2D eigenvalue weighted by molar-refractivity contribution is 7.85. The Bertz CT molecular complexity index is 1680. The molecule has 0 saturated heterocycles. The van der Waals surface area contributed by atoms with E-state index in [-0.39, 0.29) is 0 Å². The Morgan fingerprint density at radius 3 is 1.49 bits per heavy atom. The van der Waals surface area contributed by atoms with Crippen molar-refractivity contribution >= 4 is 44.6 Å². The van der Waals surface area contributed by atoms with Gasteiger partial charge in [0.15, 0.2) is 7.14 Å². The van der Waals surface area contributed by atoms with E-state index in [2.05, 4.69) is 79.7 Å². The molecule has 0 atom stereocenters. The number of hydrogen-bond donors (Lipinski definition) is 0. The Morgan fingerprint density at radius 2 is 0.914 bits per heavy atom. The minimum Gasteiger partial charge on any atom is -0.309 e. The maximum absolute atomic E-state index is 15.5. The van der Waals surface area contributed by atoms with Crippen molar-refractivity contribution < 1.29 is 4.57 Å². The van der Waals surface area contributed by atoms with Gasteiger partial charge in [-0.15, -0.1) is 0 Å². The molecular formula is C33H25OP. The summed E-state index contributed by atoms with van der Waals surface area (Å²) >= 11 is 0. The normalized spacial score (nSPS) is 11.7. The standard InChI is InChI=1S/C33H25OP/c1-24-20-21-25-12-8-10-18-29(25)32(24)33-30-19-11-9-13-26(30)22-23-31(33)35(34,27-14-4-2-5-15-27)28-16-6-3-7-17-28/h2-23H,1H3. The molecular weight excluding hydrogens is 443 g/mol. The van der Waals surface area contributed by atoms with Gasteiger partial charge in [-0.2, -0.15) is 0 Å². The molecule has 0 bridgehead atoms. The molecule has 2 heteroatoms. The molecule has 6 aromatic rings. The summed E-state index contributed by atoms with van der Waals surface area (Å²) in [7, 11) is -3.18. The van der Waals surface area contributed by atoms with Gasteiger partial charge in [-0.3, -0.25) is 0 Å². The molecule has 35 heavy (non-hydrogen) atoms. The third kappa shape index (κ3) is 3.52. The van der Waals surface area contributed by atoms with Gasteiger partial charge < -0.3 is 4.57 Å². The highest BCUT2D eigenvalue weighted by Crippen LogP contribution is 2.48. The summed E-state index contributed by atoms with van der Waals surface area (Å²) < 4.78 is 15.5. The molecule has 0 N–H and O–H groups in total. The van der Waals surface area contributed by atoms with Gasteiger partial charge in [0.05, 0.1) is 0 Å². The number of hydrogen-bond acceptors (Lipinski definition) is 1. The van der Waals surface area contributed by atoms with E-state index in [1.54, 1.807) is 0 Å². The second-order valence-corrected chi connectivity index (χ2v) is 11.7. The molecule has 0 radical (unpaired) electrons. The van der Waals surface area contributed by atoms with Gasteiger partial charge in [-0.05, 0) is 45.7 Å². The Morgan fingerprint density at radius 1 is 0.457 bits per heavy atom. The first-order valence-corrected chi connectivity index (χ1v) is 13.6. The van der Waals surface area contributed by atoms with Crippen LogP contribution in [-0.4, -0.2) is 0 Å². The highest BCUT2D eigenvalue weighted by Gasteiger charge is 2.33. The second-order valence-electron chi connectivity index (χ2n) is 8.94. The molecule has 0 aliphatic rings. The van der Waals surface area contributed by atoms with Gasteiger partial charge in [-0.25, -0.2) is 0 Å². The van der Waals surface area contributed by atoms with Crippen molar-refractivity contribution in [3.8, 4) is 11.1 Å². The maximum atomic E-state index is 15.5. The molecule has 0 aliphatic carbocycles. The van der Waals surface area contributed by atoms with Crippen molar-refractivity contribution in [3.63, 3.8) is 0 Å². The lowest BCUT2D eigenvalue weighted by Crippen LogP contribution is -2.26. The predicted molar refractivity (Wildman–Crippen MR) is 151 cm³/mol. The first kappa shape index (κ1) is 21.6. The fourth-order valence-corrected chi connectivity index (χ4v) is 8.07. The van der Waals surface area contributed by atoms with E-state index < -0.39 is 7.14 Å². The van der Waals surface area contributed by atoms with Crippen molar-refractivity contribution in [2.45, 2.75) is 6.92 Å². The molecule has 0 heterocycles. The number of rotatable bonds is 4. The van der Waals surface area contributed by atoms with Crippen LogP contribution in [0.3, 0.4) is 0 Å². The van der Waals surface area contributed by atoms with Crippen LogP contribution < -0.4 is 15.9 Å². The predicted octanol–water partition coefficient (Wildman–Crippen LogP) is 7.61. The van der Waals surface area contributed by atoms with E-state index in [4.69, 9.17) is 0 Å². The van der Waals surface area contributed by atoms with Crippen LogP contribution in [0.4, 0.5) is 0 Å². The first-order valence-electron chi connectivity index (χ1n) is 11.9. The van der Waals surface area contributed by atoms with E-state index >= 15 is 4.57 Å². The molecule has 0 unspecified atom stereocenters. The van der Waals surface area contributed by atoms with Crippen molar-refractivity contribution in [1.82, 2.24) is 0 Å². The monoisotopic (exact) mass is 468 g/mol. The topological polar surface area (TPSA) is 17.1 Å². The summed E-state index contributed by atoms with van der Waals surface area (Å²) in [5, 5.41) is 7.20. The molecule has 0 spiro atoms. The third-order valence-electron chi connectivity index (χ3n) is 6.87. The van der Waals surface area contributed by atoms with Crippen LogP contribution in [0, 0.1) is 6.92 Å². The summed E-state index contributed by atoms with van der Waals surface area (Å²) in [6.07, 6.45) is 0. The quantitative estimate of drug-likeness (QED) is 0.243. The lowest BCUT2D eigenvalue weighted by atomic mass is 9.90. The summed E-state index contributed by atoms with van der Waals surface area (Å²) in [6.45, 7) is 2.16. The summed E-state index contributed by atoms with van der Waals surface area (Å²) in [5.41, 5.74) is 3.39. The van der Waals surface area contributed by atoms with Crippen LogP contribution in [0.5, 0.6) is 0 Å². The third-order valence-corrected chi connectivity index (χ3v) is 9.98.